The van der Waals surface area contributed by atoms with Crippen molar-refractivity contribution in [2.24, 2.45) is 5.41 Å². The first-order valence-corrected chi connectivity index (χ1v) is 12.2. The number of phenols is 2. The molecule has 0 radical (unpaired) electrons. The minimum Gasteiger partial charge on any atom is -0.508 e. The Labute approximate surface area is 213 Å². The number of hydrogen-bond acceptors (Lipinski definition) is 4. The summed E-state index contributed by atoms with van der Waals surface area (Å²) in [6.45, 7) is 8.27. The van der Waals surface area contributed by atoms with Crippen molar-refractivity contribution in [2.45, 2.75) is 51.0 Å². The van der Waals surface area contributed by atoms with E-state index in [9.17, 15) is 20.1 Å². The molecule has 0 amide bonds. The zero-order valence-electron chi connectivity index (χ0n) is 21.3. The highest BCUT2D eigenvalue weighted by molar-refractivity contribution is 5.93. The molecule has 0 fully saturated rings. The van der Waals surface area contributed by atoms with Crippen LogP contribution in [0.5, 0.6) is 11.5 Å². The van der Waals surface area contributed by atoms with Gasteiger partial charge in [-0.2, -0.15) is 0 Å². The maximum atomic E-state index is 14.4. The van der Waals surface area contributed by atoms with E-state index in [1.54, 1.807) is 36.4 Å². The lowest BCUT2D eigenvalue weighted by Gasteiger charge is -2.48. The number of hydrogen-bond donors (Lipinski definition) is 3. The Morgan fingerprint density at radius 2 is 1.33 bits per heavy atom. The molecule has 3 N–H and O–H groups in total. The van der Waals surface area contributed by atoms with Gasteiger partial charge in [-0.3, -0.25) is 4.79 Å². The van der Waals surface area contributed by atoms with Crippen LogP contribution in [0.25, 0.3) is 0 Å². The molecule has 4 nitrogen and oxygen atoms in total. The number of allylic oxidation sites excluding steroid dienone is 4. The first-order valence-electron chi connectivity index (χ1n) is 12.2. The number of rotatable bonds is 7. The van der Waals surface area contributed by atoms with E-state index in [4.69, 9.17) is 0 Å². The molecule has 4 heteroatoms. The summed E-state index contributed by atoms with van der Waals surface area (Å²) >= 11 is 0. The van der Waals surface area contributed by atoms with Crippen molar-refractivity contribution in [3.63, 3.8) is 0 Å². The molecule has 186 valence electrons. The Morgan fingerprint density at radius 1 is 0.806 bits per heavy atom. The number of aliphatic hydroxyl groups is 1. The van der Waals surface area contributed by atoms with Gasteiger partial charge in [0.15, 0.2) is 5.78 Å². The van der Waals surface area contributed by atoms with Gasteiger partial charge in [-0.15, -0.1) is 0 Å². The van der Waals surface area contributed by atoms with E-state index in [1.807, 2.05) is 68.5 Å². The molecule has 0 spiro atoms. The van der Waals surface area contributed by atoms with Crippen molar-refractivity contribution in [1.29, 1.82) is 0 Å². The Balaban J connectivity index is 1.83. The minimum absolute atomic E-state index is 0.160. The number of carbonyl (C=O) groups is 1. The molecule has 0 saturated carbocycles. The summed E-state index contributed by atoms with van der Waals surface area (Å²) in [7, 11) is 0. The molecule has 3 aromatic rings. The van der Waals surface area contributed by atoms with Gasteiger partial charge in [0.2, 0.25) is 0 Å². The van der Waals surface area contributed by atoms with E-state index in [2.05, 4.69) is 19.9 Å². The Morgan fingerprint density at radius 3 is 1.89 bits per heavy atom. The smallest absolute Gasteiger partial charge is 0.176 e. The first-order chi connectivity index (χ1) is 17.0. The topological polar surface area (TPSA) is 77.8 Å². The number of Topliss-reactive ketones (excluding diaryl/α,β-unsaturated/α-hetero) is 1. The van der Waals surface area contributed by atoms with Crippen molar-refractivity contribution in [3.8, 4) is 11.5 Å². The molecule has 0 aliphatic heterocycles. The Bertz CT molecular complexity index is 1280. The third-order valence-corrected chi connectivity index (χ3v) is 8.05. The fourth-order valence-electron chi connectivity index (χ4n) is 5.31. The highest BCUT2D eigenvalue weighted by atomic mass is 16.3. The second-order valence-corrected chi connectivity index (χ2v) is 10.7. The fourth-order valence-corrected chi connectivity index (χ4v) is 5.31. The van der Waals surface area contributed by atoms with Gasteiger partial charge in [-0.1, -0.05) is 106 Å². The zero-order valence-corrected chi connectivity index (χ0v) is 21.3. The number of aliphatic hydroxyl groups excluding tert-OH is 1. The van der Waals surface area contributed by atoms with Crippen LogP contribution in [-0.4, -0.2) is 21.1 Å². The normalized spacial score (nSPS) is 19.0. The number of carbonyl (C=O) groups excluding carboxylic acids is 1. The van der Waals surface area contributed by atoms with E-state index < -0.39 is 22.3 Å². The lowest BCUT2D eigenvalue weighted by molar-refractivity contribution is -0.138. The number of benzene rings is 3. The summed E-state index contributed by atoms with van der Waals surface area (Å²) in [6, 6.07) is 23.1. The minimum atomic E-state index is -1.29. The second-order valence-electron chi connectivity index (χ2n) is 10.7. The molecular formula is C32H34O4. The highest BCUT2D eigenvalue weighted by Crippen LogP contribution is 2.54. The fraction of sp³-hybridized carbons (Fsp3) is 0.281. The average Bonchev–Trinajstić information content (AvgIpc) is 2.88. The van der Waals surface area contributed by atoms with Gasteiger partial charge in [0, 0.05) is 10.8 Å². The van der Waals surface area contributed by atoms with Crippen LogP contribution in [0.4, 0.5) is 0 Å². The Hall–Kier alpha value is -3.63. The van der Waals surface area contributed by atoms with E-state index in [1.165, 1.54) is 0 Å². The largest absolute Gasteiger partial charge is 0.508 e. The molecule has 2 unspecified atom stereocenters. The molecule has 1 aliphatic rings. The molecular weight excluding hydrogens is 448 g/mol. The monoisotopic (exact) mass is 482 g/mol. The van der Waals surface area contributed by atoms with Gasteiger partial charge in [-0.05, 0) is 47.4 Å². The zero-order chi connectivity index (χ0) is 26.1. The molecule has 0 saturated heterocycles. The predicted octanol–water partition coefficient (Wildman–Crippen LogP) is 6.53. The van der Waals surface area contributed by atoms with Crippen LogP contribution in [0, 0.1) is 5.41 Å². The third kappa shape index (κ3) is 4.38. The van der Waals surface area contributed by atoms with Crippen LogP contribution < -0.4 is 0 Å². The second kappa shape index (κ2) is 9.44. The summed E-state index contributed by atoms with van der Waals surface area (Å²) in [5.41, 5.74) is 1.33. The van der Waals surface area contributed by atoms with Gasteiger partial charge < -0.3 is 15.3 Å². The van der Waals surface area contributed by atoms with Gasteiger partial charge in [0.05, 0.1) is 5.41 Å². The summed E-state index contributed by atoms with van der Waals surface area (Å²) < 4.78 is 0. The molecule has 0 bridgehead atoms. The maximum Gasteiger partial charge on any atom is 0.176 e. The van der Waals surface area contributed by atoms with E-state index >= 15 is 0 Å². The van der Waals surface area contributed by atoms with Crippen LogP contribution in [-0.2, 0) is 15.6 Å². The molecule has 36 heavy (non-hydrogen) atoms. The van der Waals surface area contributed by atoms with Crippen molar-refractivity contribution in [1.82, 2.24) is 0 Å². The van der Waals surface area contributed by atoms with Crippen molar-refractivity contribution < 1.29 is 20.1 Å². The van der Waals surface area contributed by atoms with Gasteiger partial charge in [0.25, 0.3) is 0 Å². The van der Waals surface area contributed by atoms with E-state index in [0.717, 1.165) is 16.7 Å². The summed E-state index contributed by atoms with van der Waals surface area (Å²) in [5.74, 6) is 0.0960. The number of phenolic OH excluding ortho intramolecular Hbond substituents is 2. The molecule has 0 aromatic heterocycles. The van der Waals surface area contributed by atoms with Crippen LogP contribution in [0.3, 0.4) is 0 Å². The molecule has 4 rings (SSSR count). The highest BCUT2D eigenvalue weighted by Gasteiger charge is 2.53. The van der Waals surface area contributed by atoms with Gasteiger partial charge >= 0.3 is 0 Å². The van der Waals surface area contributed by atoms with Crippen LogP contribution in [0.1, 0.15) is 56.9 Å². The molecule has 3 aromatic carbocycles. The van der Waals surface area contributed by atoms with Gasteiger partial charge in [-0.25, -0.2) is 0 Å². The summed E-state index contributed by atoms with van der Waals surface area (Å²) in [4.78, 5) is 14.4. The lowest BCUT2D eigenvalue weighted by Crippen LogP contribution is -2.50. The van der Waals surface area contributed by atoms with Crippen molar-refractivity contribution >= 4 is 5.78 Å². The van der Waals surface area contributed by atoms with E-state index in [-0.39, 0.29) is 17.3 Å². The molecule has 2 atom stereocenters. The quantitative estimate of drug-likeness (QED) is 0.358. The lowest BCUT2D eigenvalue weighted by atomic mass is 9.53. The first kappa shape index (κ1) is 25.5. The van der Waals surface area contributed by atoms with E-state index in [0.29, 0.717) is 12.0 Å². The van der Waals surface area contributed by atoms with Crippen LogP contribution in [0.15, 0.2) is 103 Å². The number of aromatic hydroxyl groups is 2. The molecule has 0 heterocycles. The van der Waals surface area contributed by atoms with Gasteiger partial charge in [0.1, 0.15) is 17.6 Å². The maximum absolute atomic E-state index is 14.4. The standard InChI is InChI=1S/C32H34O4/c1-30(2,23-12-16-26(33)17-13-23)25-11-8-20-32(21-25,29(36)28(35)22-9-6-5-7-10-22)31(3,4)24-14-18-27(34)19-15-24/h5-20,28,33-35H,21H2,1-4H3. The summed E-state index contributed by atoms with van der Waals surface area (Å²) in [5, 5.41) is 31.0. The molecule has 1 aliphatic carbocycles. The van der Waals surface area contributed by atoms with Crippen LogP contribution >= 0.6 is 0 Å². The van der Waals surface area contributed by atoms with Crippen molar-refractivity contribution in [2.75, 3.05) is 0 Å². The predicted molar refractivity (Wildman–Crippen MR) is 143 cm³/mol. The Kier molecular flexibility index (Phi) is 6.68. The number of ketones is 1. The third-order valence-electron chi connectivity index (χ3n) is 8.05. The SMILES string of the molecule is CC(C)(C1=CC=CC(C(=O)C(O)c2ccccc2)(C(C)(C)c2ccc(O)cc2)C1)c1ccc(O)cc1. The van der Waals surface area contributed by atoms with Crippen molar-refractivity contribution in [3.05, 3.63) is 119 Å². The van der Waals surface area contributed by atoms with Crippen LogP contribution in [0.2, 0.25) is 0 Å². The summed E-state index contributed by atoms with van der Waals surface area (Å²) in [6.07, 6.45) is 5.04. The average molecular weight is 483 g/mol.